The van der Waals surface area contributed by atoms with Gasteiger partial charge in [0.05, 0.1) is 42.0 Å². The number of nitrogens with one attached hydrogen (secondary N) is 1. The molecule has 0 unspecified atom stereocenters. The molecule has 6 heterocycles. The number of ether oxygens (including phenoxy) is 1. The number of pyridine rings is 3. The third-order valence-electron chi connectivity index (χ3n) is 10.4. The maximum Gasteiger partial charge on any atom is 0.254 e. The van der Waals surface area contributed by atoms with Crippen molar-refractivity contribution in [2.75, 3.05) is 39.5 Å². The molecule has 3 atom stereocenters. The number of hydrogen-bond donors (Lipinski definition) is 6. The van der Waals surface area contributed by atoms with Gasteiger partial charge in [0.15, 0.2) is 12.6 Å². The highest BCUT2D eigenvalue weighted by Crippen LogP contribution is 2.28. The molecule has 2 aromatic carbocycles. The first-order valence-electron chi connectivity index (χ1n) is 20.9. The number of likely N-dealkylation sites (tertiary alicyclic amines) is 2. The molecule has 0 radical (unpaired) electrons. The van der Waals surface area contributed by atoms with Crippen molar-refractivity contribution in [2.45, 2.75) is 56.7 Å². The van der Waals surface area contributed by atoms with Crippen LogP contribution in [-0.4, -0.2) is 137 Å². The molecule has 3 saturated heterocycles. The van der Waals surface area contributed by atoms with Gasteiger partial charge < -0.3 is 45.4 Å². The highest BCUT2D eigenvalue weighted by Gasteiger charge is 2.31. The van der Waals surface area contributed by atoms with Gasteiger partial charge >= 0.3 is 0 Å². The molecule has 19 heteroatoms. The highest BCUT2D eigenvalue weighted by molar-refractivity contribution is 6.67. The summed E-state index contributed by atoms with van der Waals surface area (Å²) in [5.74, 6) is -0.235. The van der Waals surface area contributed by atoms with Crippen LogP contribution >= 0.6 is 24.0 Å². The Morgan fingerprint density at radius 3 is 1.61 bits per heavy atom. The highest BCUT2D eigenvalue weighted by atomic mass is 35.5. The molecule has 0 spiro atoms. The van der Waals surface area contributed by atoms with E-state index in [4.69, 9.17) is 36.8 Å². The fraction of sp³-hybridized carbons (Fsp3) is 0.319. The molecule has 2 amide bonds. The number of aromatic nitrogens is 3. The Kier molecular flexibility index (Phi) is 23.8. The van der Waals surface area contributed by atoms with Crippen LogP contribution in [0.5, 0.6) is 23.0 Å². The van der Waals surface area contributed by atoms with Crippen molar-refractivity contribution >= 4 is 53.6 Å². The molecule has 3 aliphatic heterocycles. The summed E-state index contributed by atoms with van der Waals surface area (Å²) < 4.78 is 5.71. The minimum atomic E-state index is -0.469. The predicted octanol–water partition coefficient (Wildman–Crippen LogP) is 5.49. The molecule has 5 aromatic rings. The van der Waals surface area contributed by atoms with E-state index >= 15 is 0 Å². The number of phenolic OH excluding ortho intramolecular Hbond substituents is 3. The summed E-state index contributed by atoms with van der Waals surface area (Å²) in [6, 6.07) is 19.2. The molecule has 6 N–H and O–H groups in total. The summed E-state index contributed by atoms with van der Waals surface area (Å²) in [7, 11) is 0. The number of aldehydes is 2. The van der Waals surface area contributed by atoms with Crippen molar-refractivity contribution in [1.29, 1.82) is 0 Å². The maximum atomic E-state index is 12.6. The Bertz CT molecular complexity index is 2240. The van der Waals surface area contributed by atoms with Crippen molar-refractivity contribution in [3.63, 3.8) is 0 Å². The number of carbonyl (C=O) groups is 5. The minimum absolute atomic E-state index is 0. The zero-order chi connectivity index (χ0) is 47.0. The smallest absolute Gasteiger partial charge is 0.254 e. The third kappa shape index (κ3) is 16.5. The molecule has 8 rings (SSSR count). The van der Waals surface area contributed by atoms with E-state index in [1.807, 2.05) is 0 Å². The molecule has 0 aliphatic carbocycles. The molecule has 352 valence electrons. The summed E-state index contributed by atoms with van der Waals surface area (Å²) >= 11 is 5.12. The van der Waals surface area contributed by atoms with E-state index in [0.29, 0.717) is 54.2 Å². The van der Waals surface area contributed by atoms with Crippen LogP contribution in [0.2, 0.25) is 0 Å². The van der Waals surface area contributed by atoms with Gasteiger partial charge in [-0.1, -0.05) is 12.1 Å². The SMILES string of the molecule is Cl.O=C(Cl)c1cccnc1.O=C(c1ccncc1)N1CCC[C@H]1CO.O=Cc1c(O)cccc1O.O=Cc1c(O)cccc1OC[C@@H]1CCCN1C(=O)c1ccncc1.OC[C@@H]1CCCN1. The third-order valence-corrected chi connectivity index (χ3v) is 10.6. The number of rotatable bonds is 10. The number of aliphatic hydroxyl groups excluding tert-OH is 2. The molecule has 66 heavy (non-hydrogen) atoms. The summed E-state index contributed by atoms with van der Waals surface area (Å²) in [5, 5.41) is 47.8. The number of benzene rings is 2. The Hall–Kier alpha value is -6.50. The van der Waals surface area contributed by atoms with Crippen LogP contribution in [0.3, 0.4) is 0 Å². The molecule has 3 fully saturated rings. The topological polar surface area (TPSA) is 253 Å². The fourth-order valence-electron chi connectivity index (χ4n) is 6.91. The average Bonchev–Trinajstić information content (AvgIpc) is 4.16. The molecule has 3 aromatic heterocycles. The van der Waals surface area contributed by atoms with Crippen LogP contribution < -0.4 is 10.1 Å². The summed E-state index contributed by atoms with van der Waals surface area (Å²) in [6.45, 7) is 3.14. The van der Waals surface area contributed by atoms with Gasteiger partial charge in [0.2, 0.25) is 0 Å². The number of aromatic hydroxyl groups is 3. The first kappa shape index (κ1) is 53.8. The second kappa shape index (κ2) is 29.1. The van der Waals surface area contributed by atoms with Crippen molar-refractivity contribution in [3.05, 3.63) is 138 Å². The number of halogens is 2. The van der Waals surface area contributed by atoms with Crippen LogP contribution in [0.4, 0.5) is 0 Å². The Morgan fingerprint density at radius 2 is 1.18 bits per heavy atom. The van der Waals surface area contributed by atoms with Gasteiger partial charge in [-0.05, 0) is 117 Å². The Morgan fingerprint density at radius 1 is 0.652 bits per heavy atom. The van der Waals surface area contributed by atoms with Crippen molar-refractivity contribution in [2.24, 2.45) is 0 Å². The molecule has 17 nitrogen and oxygen atoms in total. The Labute approximate surface area is 393 Å². The first-order valence-corrected chi connectivity index (χ1v) is 21.2. The number of carbonyl (C=O) groups excluding carboxylic acids is 5. The normalized spacial score (nSPS) is 16.7. The summed E-state index contributed by atoms with van der Waals surface area (Å²) in [4.78, 5) is 71.2. The van der Waals surface area contributed by atoms with Gasteiger partial charge in [0.25, 0.3) is 17.1 Å². The van der Waals surface area contributed by atoms with Gasteiger partial charge in [-0.3, -0.25) is 38.9 Å². The monoisotopic (exact) mass is 948 g/mol. The zero-order valence-corrected chi connectivity index (χ0v) is 37.5. The van der Waals surface area contributed by atoms with Crippen molar-refractivity contribution in [3.8, 4) is 23.0 Å². The number of amides is 2. The number of nitrogens with zero attached hydrogens (tertiary/aromatic N) is 5. The van der Waals surface area contributed by atoms with E-state index < -0.39 is 5.24 Å². The van der Waals surface area contributed by atoms with E-state index in [2.05, 4.69) is 20.3 Å². The summed E-state index contributed by atoms with van der Waals surface area (Å²) in [6.07, 6.45) is 16.4. The molecule has 0 bridgehead atoms. The largest absolute Gasteiger partial charge is 0.507 e. The van der Waals surface area contributed by atoms with Crippen LogP contribution in [0.15, 0.2) is 110 Å². The van der Waals surface area contributed by atoms with E-state index in [1.165, 1.54) is 36.9 Å². The number of hydrogen-bond acceptors (Lipinski definition) is 15. The van der Waals surface area contributed by atoms with Crippen LogP contribution in [0, 0.1) is 0 Å². The first-order chi connectivity index (χ1) is 31.5. The Balaban J connectivity index is 0.000000236. The lowest BCUT2D eigenvalue weighted by Gasteiger charge is -2.25. The van der Waals surface area contributed by atoms with Gasteiger partial charge in [-0.25, -0.2) is 0 Å². The lowest BCUT2D eigenvalue weighted by atomic mass is 10.2. The van der Waals surface area contributed by atoms with Gasteiger partial charge in [-0.15, -0.1) is 12.4 Å². The molecular weight excluding hydrogens is 895 g/mol. The zero-order valence-electron chi connectivity index (χ0n) is 36.0. The lowest BCUT2D eigenvalue weighted by Crippen LogP contribution is -2.39. The lowest BCUT2D eigenvalue weighted by molar-refractivity contribution is 0.0675. The van der Waals surface area contributed by atoms with E-state index in [1.54, 1.807) is 89.3 Å². The van der Waals surface area contributed by atoms with Crippen LogP contribution in [0.25, 0.3) is 0 Å². The van der Waals surface area contributed by atoms with Gasteiger partial charge in [-0.2, -0.15) is 0 Å². The van der Waals surface area contributed by atoms with Crippen LogP contribution in [-0.2, 0) is 0 Å². The standard InChI is InChI=1S/C18H18N2O4.C11H14N2O2.C7H6O3.C6H4ClNO.C5H11NO.ClH/c21-11-15-16(22)4-1-5-17(15)24-12-14-3-2-10-20(14)18(23)13-6-8-19-9-7-13;14-8-10-2-1-7-13(10)11(15)9-3-5-12-6-4-9;8-4-5-6(9)2-1-3-7(5)10;7-6(9)5-2-1-3-8-4-5;7-4-5-2-1-3-6-5;/h1,4-9,11,14,22H,2-3,10,12H2;3-6,10,14H,1-2,7-8H2;1-4,9-10H;1-4H;5-7H,1-4H2;1H/t14-;10-;;;5-;/m00..0./s1. The van der Waals surface area contributed by atoms with Gasteiger partial charge in [0.1, 0.15) is 29.6 Å². The van der Waals surface area contributed by atoms with Crippen LogP contribution in [0.1, 0.15) is 90.3 Å². The number of aliphatic hydroxyl groups is 2. The quantitative estimate of drug-likeness (QED) is 0.0749. The summed E-state index contributed by atoms with van der Waals surface area (Å²) in [5.41, 5.74) is 1.73. The second-order valence-corrected chi connectivity index (χ2v) is 15.0. The van der Waals surface area contributed by atoms with Crippen molar-refractivity contribution < 1.29 is 54.2 Å². The molecular formula is C47H54Cl2N6O11. The average molecular weight is 950 g/mol. The number of phenols is 3. The molecule has 0 saturated carbocycles. The molecule has 3 aliphatic rings. The fourth-order valence-corrected chi connectivity index (χ4v) is 7.02. The van der Waals surface area contributed by atoms with E-state index in [9.17, 15) is 29.1 Å². The van der Waals surface area contributed by atoms with E-state index in [0.717, 1.165) is 45.2 Å². The van der Waals surface area contributed by atoms with Crippen molar-refractivity contribution in [1.82, 2.24) is 30.1 Å². The maximum absolute atomic E-state index is 12.6. The second-order valence-electron chi connectivity index (χ2n) is 14.7. The minimum Gasteiger partial charge on any atom is -0.507 e. The van der Waals surface area contributed by atoms with Gasteiger partial charge in [0, 0.05) is 67.4 Å². The predicted molar refractivity (Wildman–Crippen MR) is 248 cm³/mol. The van der Waals surface area contributed by atoms with E-state index in [-0.39, 0.29) is 77.9 Å².